The number of β-amino-alcohol motifs (C(OH)–C–C–N with tert-alkyl or cyclic N) is 1. The fourth-order valence-corrected chi connectivity index (χ4v) is 4.61. The average Bonchev–Trinajstić information content (AvgIpc) is 2.87. The summed E-state index contributed by atoms with van der Waals surface area (Å²) in [6.45, 7) is -0.864. The van der Waals surface area contributed by atoms with E-state index in [0.29, 0.717) is 40.6 Å². The van der Waals surface area contributed by atoms with E-state index in [2.05, 4.69) is 4.74 Å². The number of hydrogen-bond donors (Lipinski definition) is 1. The summed E-state index contributed by atoms with van der Waals surface area (Å²) in [7, 11) is 0. The lowest BCUT2D eigenvalue weighted by Gasteiger charge is -2.41. The maximum absolute atomic E-state index is 13.5. The van der Waals surface area contributed by atoms with Crippen molar-refractivity contribution in [1.82, 2.24) is 0 Å². The number of halogens is 7. The van der Waals surface area contributed by atoms with Crippen molar-refractivity contribution >= 4 is 12.0 Å². The molecule has 3 aromatic rings. The van der Waals surface area contributed by atoms with Gasteiger partial charge in [-0.05, 0) is 59.4 Å². The highest BCUT2D eigenvalue weighted by atomic mass is 19.4. The molecule has 1 N–H and O–H groups in total. The third-order valence-corrected chi connectivity index (χ3v) is 6.34. The van der Waals surface area contributed by atoms with Gasteiger partial charge in [0.05, 0.1) is 12.6 Å². The predicted octanol–water partition coefficient (Wildman–Crippen LogP) is 6.82. The van der Waals surface area contributed by atoms with Gasteiger partial charge in [0, 0.05) is 11.3 Å². The first kappa shape index (κ1) is 27.4. The lowest BCUT2D eigenvalue weighted by atomic mass is 9.86. The molecule has 3 aromatic carbocycles. The molecule has 1 aliphatic heterocycles. The number of aliphatic hydroxyl groups is 1. The van der Waals surface area contributed by atoms with Gasteiger partial charge in [0.1, 0.15) is 12.0 Å². The summed E-state index contributed by atoms with van der Waals surface area (Å²) in [6, 6.07) is 15.7. The van der Waals surface area contributed by atoms with Crippen LogP contribution in [-0.2, 0) is 6.42 Å². The number of aldehydes is 1. The van der Waals surface area contributed by atoms with Crippen molar-refractivity contribution in [2.75, 3.05) is 11.4 Å². The number of carbonyl (C=O) groups excluding carboxylic acids is 1. The zero-order valence-corrected chi connectivity index (χ0v) is 19.6. The van der Waals surface area contributed by atoms with Crippen LogP contribution in [0.15, 0.2) is 66.7 Å². The summed E-state index contributed by atoms with van der Waals surface area (Å²) in [4.78, 5) is 12.6. The van der Waals surface area contributed by atoms with Crippen molar-refractivity contribution in [2.45, 2.75) is 43.7 Å². The quantitative estimate of drug-likeness (QED) is 0.251. The first-order valence-corrected chi connectivity index (χ1v) is 11.5. The first-order chi connectivity index (χ1) is 17.9. The van der Waals surface area contributed by atoms with Crippen LogP contribution in [0.1, 0.15) is 33.9 Å². The third kappa shape index (κ3) is 5.77. The molecule has 0 amide bonds. The molecule has 0 aromatic heterocycles. The highest BCUT2D eigenvalue weighted by Gasteiger charge is 2.44. The Morgan fingerprint density at radius 1 is 1.00 bits per heavy atom. The summed E-state index contributed by atoms with van der Waals surface area (Å²) >= 11 is 0. The molecular weight excluding hydrogens is 519 g/mol. The highest BCUT2D eigenvalue weighted by molar-refractivity contribution is 5.82. The van der Waals surface area contributed by atoms with Crippen LogP contribution in [0.4, 0.5) is 36.4 Å². The van der Waals surface area contributed by atoms with E-state index < -0.39 is 43.2 Å². The van der Waals surface area contributed by atoms with Gasteiger partial charge in [0.15, 0.2) is 6.10 Å². The fourth-order valence-electron chi connectivity index (χ4n) is 4.61. The standard InChI is InChI=1S/C27H22F7NO3/c28-25(29)27(33,34)38-19-7-2-6-18(13-19)22-11-10-21-20(17-5-1-4-16(12-17)15-36)8-3-9-23(21)35(22)14-24(37)26(30,31)32/h1-9,12-13,15,22,24-25,37H,10-11,14H2. The van der Waals surface area contributed by atoms with Crippen LogP contribution < -0.4 is 9.64 Å². The molecular formula is C27H22F7NO3. The number of nitrogens with zero attached hydrogens (tertiary/aromatic N) is 1. The van der Waals surface area contributed by atoms with Crippen LogP contribution in [0.3, 0.4) is 0 Å². The Kier molecular flexibility index (Phi) is 7.68. The number of aliphatic hydroxyl groups excluding tert-OH is 1. The molecule has 4 rings (SSSR count). The van der Waals surface area contributed by atoms with Gasteiger partial charge in [-0.3, -0.25) is 4.79 Å². The molecule has 0 aliphatic carbocycles. The van der Waals surface area contributed by atoms with E-state index in [1.54, 1.807) is 42.5 Å². The van der Waals surface area contributed by atoms with Crippen molar-refractivity contribution in [1.29, 1.82) is 0 Å². The molecule has 202 valence electrons. The Labute approximate surface area is 213 Å². The molecule has 0 spiro atoms. The van der Waals surface area contributed by atoms with E-state index in [-0.39, 0.29) is 12.0 Å². The van der Waals surface area contributed by atoms with E-state index >= 15 is 0 Å². The molecule has 11 heteroatoms. The number of fused-ring (bicyclic) bond motifs is 1. The number of ether oxygens (including phenoxy) is 1. The highest BCUT2D eigenvalue weighted by Crippen LogP contribution is 2.44. The topological polar surface area (TPSA) is 49.8 Å². The van der Waals surface area contributed by atoms with Crippen LogP contribution >= 0.6 is 0 Å². The Balaban J connectivity index is 1.77. The molecule has 2 unspecified atom stereocenters. The zero-order valence-electron chi connectivity index (χ0n) is 19.6. The van der Waals surface area contributed by atoms with Crippen molar-refractivity contribution < 1.29 is 45.4 Å². The normalized spacial score (nSPS) is 16.8. The molecule has 1 aliphatic rings. The second-order valence-corrected chi connectivity index (χ2v) is 8.85. The van der Waals surface area contributed by atoms with Crippen LogP contribution in [0.5, 0.6) is 5.75 Å². The van der Waals surface area contributed by atoms with Gasteiger partial charge in [-0.15, -0.1) is 0 Å². The van der Waals surface area contributed by atoms with Gasteiger partial charge in [-0.1, -0.05) is 42.5 Å². The molecule has 0 bridgehead atoms. The number of anilines is 1. The van der Waals surface area contributed by atoms with Gasteiger partial charge in [-0.2, -0.15) is 30.7 Å². The van der Waals surface area contributed by atoms with Gasteiger partial charge >= 0.3 is 18.7 Å². The second-order valence-electron chi connectivity index (χ2n) is 8.85. The minimum absolute atomic E-state index is 0.219. The average molecular weight is 541 g/mol. The van der Waals surface area contributed by atoms with Crippen molar-refractivity contribution in [3.63, 3.8) is 0 Å². The molecule has 0 saturated heterocycles. The minimum Gasteiger partial charge on any atom is -0.428 e. The number of carbonyl (C=O) groups is 1. The summed E-state index contributed by atoms with van der Waals surface area (Å²) in [5, 5.41) is 9.94. The lowest BCUT2D eigenvalue weighted by Crippen LogP contribution is -2.44. The van der Waals surface area contributed by atoms with Crippen molar-refractivity contribution in [3.05, 3.63) is 83.4 Å². The van der Waals surface area contributed by atoms with E-state index in [1.807, 2.05) is 0 Å². The summed E-state index contributed by atoms with van der Waals surface area (Å²) in [5.41, 5.74) is 3.08. The van der Waals surface area contributed by atoms with E-state index in [0.717, 1.165) is 12.1 Å². The Bertz CT molecular complexity index is 1300. The predicted molar refractivity (Wildman–Crippen MR) is 126 cm³/mol. The number of alkyl halides is 7. The van der Waals surface area contributed by atoms with Crippen LogP contribution in [0.2, 0.25) is 0 Å². The van der Waals surface area contributed by atoms with E-state index in [1.165, 1.54) is 17.0 Å². The second kappa shape index (κ2) is 10.6. The Morgan fingerprint density at radius 2 is 1.71 bits per heavy atom. The largest absolute Gasteiger partial charge is 0.461 e. The molecule has 0 saturated carbocycles. The van der Waals surface area contributed by atoms with Crippen molar-refractivity contribution in [2.24, 2.45) is 0 Å². The summed E-state index contributed by atoms with van der Waals surface area (Å²) in [5.74, 6) is -0.575. The summed E-state index contributed by atoms with van der Waals surface area (Å²) < 4.78 is 96.5. The Hall–Kier alpha value is -3.60. The van der Waals surface area contributed by atoms with Gasteiger partial charge < -0.3 is 14.7 Å². The number of rotatable bonds is 8. The first-order valence-electron chi connectivity index (χ1n) is 11.5. The molecule has 0 radical (unpaired) electrons. The maximum Gasteiger partial charge on any atom is 0.461 e. The minimum atomic E-state index is -4.93. The Morgan fingerprint density at radius 3 is 2.39 bits per heavy atom. The monoisotopic (exact) mass is 541 g/mol. The van der Waals surface area contributed by atoms with Gasteiger partial charge in [0.2, 0.25) is 0 Å². The van der Waals surface area contributed by atoms with Crippen LogP contribution in [-0.4, -0.2) is 42.8 Å². The zero-order chi connectivity index (χ0) is 27.7. The lowest BCUT2D eigenvalue weighted by molar-refractivity contribution is -0.253. The maximum atomic E-state index is 13.5. The van der Waals surface area contributed by atoms with Gasteiger partial charge in [0.25, 0.3) is 0 Å². The SMILES string of the molecule is O=Cc1cccc(-c2cccc3c2CCC(c2cccc(OC(F)(F)C(F)F)c2)N3CC(O)C(F)(F)F)c1. The molecule has 1 heterocycles. The van der Waals surface area contributed by atoms with Crippen LogP contribution in [0, 0.1) is 0 Å². The molecule has 0 fully saturated rings. The number of benzene rings is 3. The van der Waals surface area contributed by atoms with E-state index in [9.17, 15) is 40.6 Å². The van der Waals surface area contributed by atoms with E-state index in [4.69, 9.17) is 0 Å². The number of hydrogen-bond acceptors (Lipinski definition) is 4. The molecule has 4 nitrogen and oxygen atoms in total. The molecule has 38 heavy (non-hydrogen) atoms. The van der Waals surface area contributed by atoms with Gasteiger partial charge in [-0.25, -0.2) is 0 Å². The summed E-state index contributed by atoms with van der Waals surface area (Å²) in [6.07, 6.45) is -15.2. The van der Waals surface area contributed by atoms with Crippen LogP contribution in [0.25, 0.3) is 11.1 Å². The molecule has 2 atom stereocenters. The smallest absolute Gasteiger partial charge is 0.428 e. The fraction of sp³-hybridized carbons (Fsp3) is 0.296. The third-order valence-electron chi connectivity index (χ3n) is 6.34. The van der Waals surface area contributed by atoms with Crippen molar-refractivity contribution in [3.8, 4) is 16.9 Å².